The van der Waals surface area contributed by atoms with Crippen molar-refractivity contribution in [1.29, 1.82) is 0 Å². The van der Waals surface area contributed by atoms with E-state index in [1.165, 1.54) is 30.4 Å². The average molecular weight is 262 g/mol. The molecule has 1 aromatic carbocycles. The quantitative estimate of drug-likeness (QED) is 0.897. The predicted molar refractivity (Wildman–Crippen MR) is 75.7 cm³/mol. The van der Waals surface area contributed by atoms with E-state index in [4.69, 9.17) is 0 Å². The number of aryl methyl sites for hydroxylation is 1. The molecule has 1 N–H and O–H groups in total. The molecule has 2 fully saturated rings. The van der Waals surface area contributed by atoms with Crippen molar-refractivity contribution in [1.82, 2.24) is 10.2 Å². The normalized spacial score (nSPS) is 22.4. The Morgan fingerprint density at radius 2 is 2.05 bits per heavy atom. The number of piperazine rings is 1. The van der Waals surface area contributed by atoms with E-state index in [0.717, 1.165) is 32.1 Å². The molecule has 2 nitrogen and oxygen atoms in total. The second-order valence-corrected chi connectivity index (χ2v) is 5.98. The van der Waals surface area contributed by atoms with E-state index in [2.05, 4.69) is 17.1 Å². The number of nitrogens with zero attached hydrogens (tertiary/aromatic N) is 1. The van der Waals surface area contributed by atoms with E-state index in [0.29, 0.717) is 6.04 Å². The van der Waals surface area contributed by atoms with Crippen molar-refractivity contribution in [2.24, 2.45) is 5.92 Å². The lowest BCUT2D eigenvalue weighted by atomic mass is 9.94. The first-order valence-corrected chi connectivity index (χ1v) is 7.45. The van der Waals surface area contributed by atoms with E-state index < -0.39 is 0 Å². The summed E-state index contributed by atoms with van der Waals surface area (Å²) >= 11 is 0. The zero-order valence-electron chi connectivity index (χ0n) is 11.7. The van der Waals surface area contributed by atoms with Crippen LogP contribution in [0.5, 0.6) is 0 Å². The Morgan fingerprint density at radius 3 is 2.74 bits per heavy atom. The number of rotatable bonds is 4. The van der Waals surface area contributed by atoms with Crippen LogP contribution in [-0.4, -0.2) is 31.1 Å². The third-order valence-electron chi connectivity index (χ3n) is 4.45. The SMILES string of the molecule is Cc1ccc(F)cc1[C@H](CC1CC1)N1CCNCC1. The molecule has 0 unspecified atom stereocenters. The molecule has 0 bridgehead atoms. The van der Waals surface area contributed by atoms with Gasteiger partial charge in [0, 0.05) is 32.2 Å². The molecule has 1 atom stereocenters. The van der Waals surface area contributed by atoms with Gasteiger partial charge in [0.1, 0.15) is 5.82 Å². The molecule has 0 spiro atoms. The van der Waals surface area contributed by atoms with E-state index in [1.807, 2.05) is 6.07 Å². The summed E-state index contributed by atoms with van der Waals surface area (Å²) in [6.07, 6.45) is 3.91. The van der Waals surface area contributed by atoms with Crippen molar-refractivity contribution in [2.45, 2.75) is 32.2 Å². The first-order chi connectivity index (χ1) is 9.24. The van der Waals surface area contributed by atoms with Gasteiger partial charge in [0.15, 0.2) is 0 Å². The van der Waals surface area contributed by atoms with Crippen molar-refractivity contribution in [3.05, 3.63) is 35.1 Å². The average Bonchev–Trinajstić information content (AvgIpc) is 3.24. The number of hydrogen-bond acceptors (Lipinski definition) is 2. The molecule has 104 valence electrons. The molecule has 0 radical (unpaired) electrons. The van der Waals surface area contributed by atoms with Gasteiger partial charge in [-0.3, -0.25) is 4.90 Å². The highest BCUT2D eigenvalue weighted by molar-refractivity contribution is 5.30. The maximum absolute atomic E-state index is 13.6. The molecular formula is C16H23FN2. The van der Waals surface area contributed by atoms with Crippen LogP contribution in [0.2, 0.25) is 0 Å². The number of hydrogen-bond donors (Lipinski definition) is 1. The Labute approximate surface area is 115 Å². The lowest BCUT2D eigenvalue weighted by molar-refractivity contribution is 0.160. The summed E-state index contributed by atoms with van der Waals surface area (Å²) in [7, 11) is 0. The Morgan fingerprint density at radius 1 is 1.32 bits per heavy atom. The molecule has 1 aliphatic carbocycles. The lowest BCUT2D eigenvalue weighted by Crippen LogP contribution is -2.45. The van der Waals surface area contributed by atoms with Gasteiger partial charge in [-0.1, -0.05) is 18.9 Å². The topological polar surface area (TPSA) is 15.3 Å². The van der Waals surface area contributed by atoms with Crippen molar-refractivity contribution < 1.29 is 4.39 Å². The summed E-state index contributed by atoms with van der Waals surface area (Å²) in [5.41, 5.74) is 2.43. The van der Waals surface area contributed by atoms with Gasteiger partial charge >= 0.3 is 0 Å². The fourth-order valence-corrected chi connectivity index (χ4v) is 3.11. The summed E-state index contributed by atoms with van der Waals surface area (Å²) in [6, 6.07) is 5.66. The molecule has 3 heteroatoms. The third-order valence-corrected chi connectivity index (χ3v) is 4.45. The van der Waals surface area contributed by atoms with E-state index >= 15 is 0 Å². The van der Waals surface area contributed by atoms with Crippen LogP contribution in [0.15, 0.2) is 18.2 Å². The fourth-order valence-electron chi connectivity index (χ4n) is 3.11. The zero-order valence-corrected chi connectivity index (χ0v) is 11.7. The molecule has 2 aliphatic rings. The van der Waals surface area contributed by atoms with Gasteiger partial charge in [-0.2, -0.15) is 0 Å². The lowest BCUT2D eigenvalue weighted by Gasteiger charge is -2.36. The highest BCUT2D eigenvalue weighted by Crippen LogP contribution is 2.41. The maximum atomic E-state index is 13.6. The highest BCUT2D eigenvalue weighted by atomic mass is 19.1. The minimum atomic E-state index is -0.100. The van der Waals surface area contributed by atoms with Crippen LogP contribution in [0.1, 0.15) is 36.4 Å². The van der Waals surface area contributed by atoms with Gasteiger partial charge in [-0.25, -0.2) is 4.39 Å². The minimum Gasteiger partial charge on any atom is -0.314 e. The van der Waals surface area contributed by atoms with Crippen LogP contribution in [0, 0.1) is 18.7 Å². The van der Waals surface area contributed by atoms with Crippen LogP contribution in [-0.2, 0) is 0 Å². The molecule has 0 amide bonds. The van der Waals surface area contributed by atoms with Gasteiger partial charge < -0.3 is 5.32 Å². The number of halogens is 1. The summed E-state index contributed by atoms with van der Waals surface area (Å²) in [5.74, 6) is 0.763. The molecular weight excluding hydrogens is 239 g/mol. The molecule has 19 heavy (non-hydrogen) atoms. The minimum absolute atomic E-state index is 0.100. The zero-order chi connectivity index (χ0) is 13.2. The molecule has 0 aromatic heterocycles. The van der Waals surface area contributed by atoms with Gasteiger partial charge in [-0.05, 0) is 42.5 Å². The Hall–Kier alpha value is -0.930. The maximum Gasteiger partial charge on any atom is 0.123 e. The van der Waals surface area contributed by atoms with Crippen LogP contribution < -0.4 is 5.32 Å². The molecule has 1 saturated heterocycles. The Kier molecular flexibility index (Phi) is 3.85. The first kappa shape index (κ1) is 13.1. The molecule has 3 rings (SSSR count). The van der Waals surface area contributed by atoms with Crippen LogP contribution in [0.3, 0.4) is 0 Å². The Bertz CT molecular complexity index is 436. The number of benzene rings is 1. The van der Waals surface area contributed by atoms with Crippen molar-refractivity contribution >= 4 is 0 Å². The highest BCUT2D eigenvalue weighted by Gasteiger charge is 2.31. The van der Waals surface area contributed by atoms with E-state index in [1.54, 1.807) is 12.1 Å². The summed E-state index contributed by atoms with van der Waals surface area (Å²) in [6.45, 7) is 6.36. The second-order valence-electron chi connectivity index (χ2n) is 5.98. The van der Waals surface area contributed by atoms with Crippen LogP contribution >= 0.6 is 0 Å². The van der Waals surface area contributed by atoms with Gasteiger partial charge in [-0.15, -0.1) is 0 Å². The molecule has 1 aromatic rings. The van der Waals surface area contributed by atoms with E-state index in [9.17, 15) is 4.39 Å². The van der Waals surface area contributed by atoms with Gasteiger partial charge in [0.05, 0.1) is 0 Å². The summed E-state index contributed by atoms with van der Waals surface area (Å²) in [4.78, 5) is 2.54. The predicted octanol–water partition coefficient (Wildman–Crippen LogP) is 2.88. The largest absolute Gasteiger partial charge is 0.314 e. The third kappa shape index (κ3) is 3.15. The van der Waals surface area contributed by atoms with Gasteiger partial charge in [0.2, 0.25) is 0 Å². The number of nitrogens with one attached hydrogen (secondary N) is 1. The van der Waals surface area contributed by atoms with E-state index in [-0.39, 0.29) is 5.82 Å². The van der Waals surface area contributed by atoms with Gasteiger partial charge in [0.25, 0.3) is 0 Å². The summed E-state index contributed by atoms with van der Waals surface area (Å²) in [5, 5.41) is 3.40. The fraction of sp³-hybridized carbons (Fsp3) is 0.625. The molecule has 1 heterocycles. The first-order valence-electron chi connectivity index (χ1n) is 7.45. The van der Waals surface area contributed by atoms with Crippen LogP contribution in [0.25, 0.3) is 0 Å². The Balaban J connectivity index is 1.85. The molecule has 1 saturated carbocycles. The second kappa shape index (κ2) is 5.59. The molecule has 1 aliphatic heterocycles. The van der Waals surface area contributed by atoms with Crippen molar-refractivity contribution in [2.75, 3.05) is 26.2 Å². The summed E-state index contributed by atoms with van der Waals surface area (Å²) < 4.78 is 13.6. The van der Waals surface area contributed by atoms with Crippen molar-refractivity contribution in [3.63, 3.8) is 0 Å². The standard InChI is InChI=1S/C16H23FN2/c1-12-2-5-14(17)11-15(12)16(10-13-3-4-13)19-8-6-18-7-9-19/h2,5,11,13,16,18H,3-4,6-10H2,1H3/t16-/m0/s1. The van der Waals surface area contributed by atoms with Crippen LogP contribution in [0.4, 0.5) is 4.39 Å². The monoisotopic (exact) mass is 262 g/mol. The smallest absolute Gasteiger partial charge is 0.123 e. The van der Waals surface area contributed by atoms with Crippen molar-refractivity contribution in [3.8, 4) is 0 Å².